The van der Waals surface area contributed by atoms with Crippen LogP contribution in [0.1, 0.15) is 0 Å². The fourth-order valence-electron chi connectivity index (χ4n) is 0.829. The van der Waals surface area contributed by atoms with Crippen LogP contribution in [0.5, 0.6) is 0 Å². The lowest BCUT2D eigenvalue weighted by atomic mass is 11.2. The molecule has 0 rings (SSSR count). The van der Waals surface area contributed by atoms with Crippen LogP contribution in [0, 0.1) is 0 Å². The van der Waals surface area contributed by atoms with Gasteiger partial charge in [-0.3, -0.25) is 0 Å². The van der Waals surface area contributed by atoms with E-state index in [0.717, 1.165) is 0 Å². The second kappa shape index (κ2) is 3.37. The van der Waals surface area contributed by atoms with Crippen molar-refractivity contribution >= 4 is 15.2 Å². The monoisotopic (exact) mass is 182 g/mol. The fraction of sp³-hybridized carbons (Fsp3) is 0.333. The van der Waals surface area contributed by atoms with Gasteiger partial charge in [0.1, 0.15) is 0 Å². The summed E-state index contributed by atoms with van der Waals surface area (Å²) >= 11 is 0. The largest absolute Gasteiger partial charge is 0.107 e. The van der Waals surface area contributed by atoms with Gasteiger partial charge in [-0.1, -0.05) is 31.0 Å². The molecule has 0 aliphatic rings. The molecule has 0 aliphatic carbocycles. The average Bonchev–Trinajstić information content (AvgIpc) is 2.02. The Bertz CT molecular complexity index is 172. The summed E-state index contributed by atoms with van der Waals surface area (Å²) in [6, 6.07) is 0. The highest BCUT2D eigenvalue weighted by molar-refractivity contribution is 7.46. The zero-order valence-electron chi connectivity index (χ0n) is 7.85. The maximum atomic E-state index is 3.90. The molecule has 62 valence electrons. The standard InChI is InChI=1S/C9H18Si2/c1-7-10(4,5)11(6,8-2)9-3/h7-9H,1-3H2,4-6H3. The van der Waals surface area contributed by atoms with Crippen LogP contribution in [-0.4, -0.2) is 15.2 Å². The van der Waals surface area contributed by atoms with E-state index in [1.807, 2.05) is 0 Å². The van der Waals surface area contributed by atoms with E-state index in [4.69, 9.17) is 0 Å². The molecule has 0 N–H and O–H groups in total. The first kappa shape index (κ1) is 10.7. The van der Waals surface area contributed by atoms with Gasteiger partial charge in [-0.25, -0.2) is 0 Å². The van der Waals surface area contributed by atoms with E-state index in [2.05, 4.69) is 56.5 Å². The minimum atomic E-state index is -1.38. The number of rotatable bonds is 4. The van der Waals surface area contributed by atoms with Crippen molar-refractivity contribution in [2.75, 3.05) is 0 Å². The Morgan fingerprint density at radius 2 is 1.18 bits per heavy atom. The minimum absolute atomic E-state index is 1.26. The van der Waals surface area contributed by atoms with Gasteiger partial charge < -0.3 is 0 Å². The van der Waals surface area contributed by atoms with Crippen LogP contribution in [0.2, 0.25) is 19.6 Å². The summed E-state index contributed by atoms with van der Waals surface area (Å²) in [5.41, 5.74) is 6.38. The second-order valence-corrected chi connectivity index (χ2v) is 17.9. The van der Waals surface area contributed by atoms with E-state index < -0.39 is 15.2 Å². The van der Waals surface area contributed by atoms with Crippen molar-refractivity contribution < 1.29 is 0 Å². The first-order chi connectivity index (χ1) is 4.93. The highest BCUT2D eigenvalue weighted by Gasteiger charge is 2.37. The molecule has 0 aromatic carbocycles. The quantitative estimate of drug-likeness (QED) is 0.586. The maximum absolute atomic E-state index is 3.90. The van der Waals surface area contributed by atoms with Crippen molar-refractivity contribution in [3.63, 3.8) is 0 Å². The first-order valence-electron chi connectivity index (χ1n) is 3.84. The molecule has 0 aromatic heterocycles. The van der Waals surface area contributed by atoms with Gasteiger partial charge in [-0.05, 0) is 0 Å². The van der Waals surface area contributed by atoms with Gasteiger partial charge >= 0.3 is 0 Å². The third kappa shape index (κ3) is 1.81. The molecule has 0 heterocycles. The molecular formula is C9H18Si2. The van der Waals surface area contributed by atoms with Crippen LogP contribution >= 0.6 is 0 Å². The van der Waals surface area contributed by atoms with Crippen molar-refractivity contribution in [1.29, 1.82) is 0 Å². The molecule has 11 heavy (non-hydrogen) atoms. The molecule has 0 spiro atoms. The average molecular weight is 182 g/mol. The van der Waals surface area contributed by atoms with Crippen LogP contribution in [0.3, 0.4) is 0 Å². The molecular weight excluding hydrogens is 164 g/mol. The van der Waals surface area contributed by atoms with Gasteiger partial charge in [0.15, 0.2) is 0 Å². The SMILES string of the molecule is C=C[Si](C)(C)[Si](C)(C=C)C=C. The van der Waals surface area contributed by atoms with Gasteiger partial charge in [0, 0.05) is 0 Å². The van der Waals surface area contributed by atoms with Crippen molar-refractivity contribution in [2.45, 2.75) is 19.6 Å². The number of hydrogen-bond donors (Lipinski definition) is 0. The van der Waals surface area contributed by atoms with E-state index in [0.29, 0.717) is 0 Å². The summed E-state index contributed by atoms with van der Waals surface area (Å²) in [7, 11) is -2.64. The van der Waals surface area contributed by atoms with Crippen LogP contribution < -0.4 is 0 Å². The lowest BCUT2D eigenvalue weighted by Gasteiger charge is -2.33. The lowest BCUT2D eigenvalue weighted by molar-refractivity contribution is 1.85. The van der Waals surface area contributed by atoms with Gasteiger partial charge in [-0.15, -0.1) is 25.4 Å². The van der Waals surface area contributed by atoms with E-state index in [-0.39, 0.29) is 0 Å². The molecule has 2 heteroatoms. The molecule has 0 amide bonds. The predicted molar refractivity (Wildman–Crippen MR) is 59.7 cm³/mol. The molecule has 0 saturated carbocycles. The van der Waals surface area contributed by atoms with Crippen molar-refractivity contribution in [1.82, 2.24) is 0 Å². The summed E-state index contributed by atoms with van der Waals surface area (Å²) in [6.45, 7) is 18.7. The number of hydrogen-bond acceptors (Lipinski definition) is 0. The highest BCUT2D eigenvalue weighted by Crippen LogP contribution is 2.21. The maximum Gasteiger partial charge on any atom is 0.0937 e. The van der Waals surface area contributed by atoms with Gasteiger partial charge in [0.25, 0.3) is 0 Å². The van der Waals surface area contributed by atoms with Gasteiger partial charge in [0.2, 0.25) is 0 Å². The zero-order chi connectivity index (χ0) is 9.12. The molecule has 0 atom stereocenters. The Balaban J connectivity index is 4.89. The third-order valence-corrected chi connectivity index (χ3v) is 18.4. The van der Waals surface area contributed by atoms with Crippen molar-refractivity contribution in [3.05, 3.63) is 36.8 Å². The summed E-state index contributed by atoms with van der Waals surface area (Å²) < 4.78 is 0. The van der Waals surface area contributed by atoms with Crippen LogP contribution in [0.4, 0.5) is 0 Å². The normalized spacial score (nSPS) is 12.3. The van der Waals surface area contributed by atoms with Crippen LogP contribution in [0.15, 0.2) is 36.8 Å². The third-order valence-electron chi connectivity index (χ3n) is 2.75. The zero-order valence-corrected chi connectivity index (χ0v) is 9.85. The molecule has 0 bridgehead atoms. The van der Waals surface area contributed by atoms with Crippen molar-refractivity contribution in [3.8, 4) is 0 Å². The molecule has 0 unspecified atom stereocenters. The second-order valence-electron chi connectivity index (χ2n) is 3.62. The first-order valence-corrected chi connectivity index (χ1v) is 10.6. The summed E-state index contributed by atoms with van der Waals surface area (Å²) in [5.74, 6) is 0. The predicted octanol–water partition coefficient (Wildman–Crippen LogP) is 3.03. The van der Waals surface area contributed by atoms with Crippen LogP contribution in [-0.2, 0) is 0 Å². The fourth-order valence-corrected chi connectivity index (χ4v) is 6.96. The Morgan fingerprint density at radius 1 is 0.818 bits per heavy atom. The summed E-state index contributed by atoms with van der Waals surface area (Å²) in [5, 5.41) is 0. The molecule has 0 aliphatic heterocycles. The van der Waals surface area contributed by atoms with Gasteiger partial charge in [-0.2, -0.15) is 0 Å². The van der Waals surface area contributed by atoms with E-state index in [9.17, 15) is 0 Å². The Labute approximate surface area is 72.1 Å². The molecule has 0 fully saturated rings. The molecule has 0 nitrogen and oxygen atoms in total. The Kier molecular flexibility index (Phi) is 3.26. The Morgan fingerprint density at radius 3 is 1.27 bits per heavy atom. The van der Waals surface area contributed by atoms with Gasteiger partial charge in [0.05, 0.1) is 15.2 Å². The molecule has 0 aromatic rings. The topological polar surface area (TPSA) is 0 Å². The molecule has 0 saturated heterocycles. The smallest absolute Gasteiger partial charge is 0.0937 e. The van der Waals surface area contributed by atoms with E-state index >= 15 is 0 Å². The molecule has 0 radical (unpaired) electrons. The summed E-state index contributed by atoms with van der Waals surface area (Å²) in [4.78, 5) is 0. The Hall–Kier alpha value is -0.346. The minimum Gasteiger partial charge on any atom is -0.107 e. The van der Waals surface area contributed by atoms with Crippen molar-refractivity contribution in [2.24, 2.45) is 0 Å². The van der Waals surface area contributed by atoms with Crippen LogP contribution in [0.25, 0.3) is 0 Å². The van der Waals surface area contributed by atoms with E-state index in [1.54, 1.807) is 0 Å². The summed E-state index contributed by atoms with van der Waals surface area (Å²) in [6.07, 6.45) is 0. The lowest BCUT2D eigenvalue weighted by Crippen LogP contribution is -2.53. The van der Waals surface area contributed by atoms with E-state index in [1.165, 1.54) is 0 Å². The highest BCUT2D eigenvalue weighted by atomic mass is 29.3.